The van der Waals surface area contributed by atoms with Gasteiger partial charge in [-0.15, -0.1) is 0 Å². The number of benzene rings is 2. The van der Waals surface area contributed by atoms with Crippen LogP contribution in [-0.4, -0.2) is 32.4 Å². The van der Waals surface area contributed by atoms with Gasteiger partial charge in [-0.05, 0) is 38.1 Å². The summed E-state index contributed by atoms with van der Waals surface area (Å²) in [6, 6.07) is 12.4. The number of amides is 1. The molecule has 2 aromatic carbocycles. The van der Waals surface area contributed by atoms with E-state index in [-0.39, 0.29) is 5.91 Å². The van der Waals surface area contributed by atoms with Crippen molar-refractivity contribution in [3.8, 4) is 17.2 Å². The molecule has 0 saturated heterocycles. The summed E-state index contributed by atoms with van der Waals surface area (Å²) < 4.78 is 16.0. The molecule has 0 unspecified atom stereocenters. The predicted molar refractivity (Wildman–Crippen MR) is 96.8 cm³/mol. The van der Waals surface area contributed by atoms with Crippen LogP contribution in [0, 0.1) is 0 Å². The van der Waals surface area contributed by atoms with Gasteiger partial charge < -0.3 is 14.2 Å². The first-order chi connectivity index (χ1) is 12.1. The molecular weight excluding hydrogens is 320 g/mol. The van der Waals surface area contributed by atoms with Gasteiger partial charge in [-0.1, -0.05) is 12.1 Å². The van der Waals surface area contributed by atoms with Gasteiger partial charge in [-0.2, -0.15) is 5.10 Å². The van der Waals surface area contributed by atoms with Crippen LogP contribution in [0.25, 0.3) is 0 Å². The zero-order valence-electron chi connectivity index (χ0n) is 14.8. The fraction of sp³-hybridized carbons (Fsp3) is 0.263. The van der Waals surface area contributed by atoms with Gasteiger partial charge in [0.25, 0.3) is 5.91 Å². The molecule has 1 N–H and O–H groups in total. The Hall–Kier alpha value is -3.02. The number of para-hydroxylation sites is 1. The van der Waals surface area contributed by atoms with Gasteiger partial charge >= 0.3 is 0 Å². The Morgan fingerprint density at radius 1 is 1.04 bits per heavy atom. The largest absolute Gasteiger partial charge is 0.497 e. The molecule has 2 rings (SSSR count). The molecule has 0 spiro atoms. The SMILES string of the molecule is CCOc1ccccc1C(=O)N/N=C(\C)c1ccc(OC)cc1OC. The van der Waals surface area contributed by atoms with Gasteiger partial charge in [-0.25, -0.2) is 5.43 Å². The average Bonchev–Trinajstić information content (AvgIpc) is 2.65. The Labute approximate surface area is 147 Å². The van der Waals surface area contributed by atoms with E-state index in [2.05, 4.69) is 10.5 Å². The third kappa shape index (κ3) is 4.50. The number of ether oxygens (including phenoxy) is 3. The summed E-state index contributed by atoms with van der Waals surface area (Å²) in [6.45, 7) is 4.14. The number of rotatable bonds is 7. The number of hydrogen-bond acceptors (Lipinski definition) is 5. The summed E-state index contributed by atoms with van der Waals surface area (Å²) in [5, 5.41) is 4.18. The highest BCUT2D eigenvalue weighted by Crippen LogP contribution is 2.25. The smallest absolute Gasteiger partial charge is 0.275 e. The van der Waals surface area contributed by atoms with Crippen molar-refractivity contribution in [3.05, 3.63) is 53.6 Å². The Morgan fingerprint density at radius 3 is 2.48 bits per heavy atom. The number of carbonyl (C=O) groups excluding carboxylic acids is 1. The van der Waals surface area contributed by atoms with Crippen LogP contribution in [0.1, 0.15) is 29.8 Å². The summed E-state index contributed by atoms with van der Waals surface area (Å²) in [7, 11) is 3.16. The molecule has 0 aliphatic heterocycles. The molecule has 6 nitrogen and oxygen atoms in total. The fourth-order valence-corrected chi connectivity index (χ4v) is 2.29. The van der Waals surface area contributed by atoms with Crippen LogP contribution in [0.3, 0.4) is 0 Å². The first kappa shape index (κ1) is 18.3. The highest BCUT2D eigenvalue weighted by molar-refractivity contribution is 6.03. The molecule has 1 amide bonds. The van der Waals surface area contributed by atoms with Crippen molar-refractivity contribution in [3.63, 3.8) is 0 Å². The van der Waals surface area contributed by atoms with E-state index in [4.69, 9.17) is 14.2 Å². The normalized spacial score (nSPS) is 11.0. The van der Waals surface area contributed by atoms with Gasteiger partial charge in [0.2, 0.25) is 0 Å². The molecule has 2 aromatic rings. The summed E-state index contributed by atoms with van der Waals surface area (Å²) in [5.41, 5.74) is 4.37. The van der Waals surface area contributed by atoms with Crippen LogP contribution in [0.4, 0.5) is 0 Å². The Bertz CT molecular complexity index is 772. The molecule has 0 aliphatic carbocycles. The molecule has 0 radical (unpaired) electrons. The topological polar surface area (TPSA) is 69.2 Å². The van der Waals surface area contributed by atoms with E-state index in [9.17, 15) is 4.79 Å². The zero-order valence-corrected chi connectivity index (χ0v) is 14.8. The second kappa shape index (κ2) is 8.73. The van der Waals surface area contributed by atoms with E-state index < -0.39 is 0 Å². The lowest BCUT2D eigenvalue weighted by Crippen LogP contribution is -2.20. The molecule has 0 fully saturated rings. The van der Waals surface area contributed by atoms with Crippen molar-refractivity contribution in [2.45, 2.75) is 13.8 Å². The number of nitrogens with one attached hydrogen (secondary N) is 1. The number of nitrogens with zero attached hydrogens (tertiary/aromatic N) is 1. The molecule has 0 atom stereocenters. The summed E-state index contributed by atoms with van der Waals surface area (Å²) in [6.07, 6.45) is 0. The van der Waals surface area contributed by atoms with E-state index in [0.717, 1.165) is 5.56 Å². The number of hydrogen-bond donors (Lipinski definition) is 1. The maximum Gasteiger partial charge on any atom is 0.275 e. The highest BCUT2D eigenvalue weighted by Gasteiger charge is 2.12. The summed E-state index contributed by atoms with van der Waals surface area (Å²) >= 11 is 0. The average molecular weight is 342 g/mol. The van der Waals surface area contributed by atoms with E-state index >= 15 is 0 Å². The lowest BCUT2D eigenvalue weighted by molar-refractivity contribution is 0.0951. The monoisotopic (exact) mass is 342 g/mol. The van der Waals surface area contributed by atoms with Crippen molar-refractivity contribution >= 4 is 11.6 Å². The van der Waals surface area contributed by atoms with Crippen LogP contribution < -0.4 is 19.6 Å². The van der Waals surface area contributed by atoms with Crippen LogP contribution in [0.2, 0.25) is 0 Å². The van der Waals surface area contributed by atoms with Gasteiger partial charge in [0.1, 0.15) is 17.2 Å². The van der Waals surface area contributed by atoms with Crippen molar-refractivity contribution in [1.29, 1.82) is 0 Å². The predicted octanol–water partition coefficient (Wildman–Crippen LogP) is 3.26. The van der Waals surface area contributed by atoms with Crippen LogP contribution >= 0.6 is 0 Å². The van der Waals surface area contributed by atoms with Crippen molar-refractivity contribution in [2.24, 2.45) is 5.10 Å². The molecule has 0 aromatic heterocycles. The minimum atomic E-state index is -0.337. The molecule has 25 heavy (non-hydrogen) atoms. The number of methoxy groups -OCH3 is 2. The zero-order chi connectivity index (χ0) is 18.2. The molecule has 0 heterocycles. The second-order valence-corrected chi connectivity index (χ2v) is 5.13. The maximum absolute atomic E-state index is 12.4. The molecule has 0 saturated carbocycles. The summed E-state index contributed by atoms with van der Waals surface area (Å²) in [4.78, 5) is 12.4. The van der Waals surface area contributed by atoms with Crippen LogP contribution in [0.15, 0.2) is 47.6 Å². The molecule has 6 heteroatoms. The number of carbonyl (C=O) groups is 1. The fourth-order valence-electron chi connectivity index (χ4n) is 2.29. The second-order valence-electron chi connectivity index (χ2n) is 5.13. The third-order valence-corrected chi connectivity index (χ3v) is 3.56. The Morgan fingerprint density at radius 2 is 1.80 bits per heavy atom. The first-order valence-electron chi connectivity index (χ1n) is 7.89. The van der Waals surface area contributed by atoms with Crippen molar-refractivity contribution < 1.29 is 19.0 Å². The lowest BCUT2D eigenvalue weighted by atomic mass is 10.1. The first-order valence-corrected chi connectivity index (χ1v) is 7.89. The van der Waals surface area contributed by atoms with Gasteiger partial charge in [0, 0.05) is 11.6 Å². The molecule has 132 valence electrons. The quantitative estimate of drug-likeness (QED) is 0.619. The Kier molecular flexibility index (Phi) is 6.39. The Balaban J connectivity index is 2.20. The van der Waals surface area contributed by atoms with Gasteiger partial charge in [-0.3, -0.25) is 4.79 Å². The van der Waals surface area contributed by atoms with Gasteiger partial charge in [0.15, 0.2) is 0 Å². The summed E-state index contributed by atoms with van der Waals surface area (Å²) in [5.74, 6) is 1.49. The minimum absolute atomic E-state index is 0.337. The number of hydrazone groups is 1. The lowest BCUT2D eigenvalue weighted by Gasteiger charge is -2.11. The minimum Gasteiger partial charge on any atom is -0.497 e. The van der Waals surface area contributed by atoms with Crippen molar-refractivity contribution in [1.82, 2.24) is 5.43 Å². The molecule has 0 bridgehead atoms. The van der Waals surface area contributed by atoms with Crippen molar-refractivity contribution in [2.75, 3.05) is 20.8 Å². The highest BCUT2D eigenvalue weighted by atomic mass is 16.5. The van der Waals surface area contributed by atoms with E-state index in [1.807, 2.05) is 25.1 Å². The van der Waals surface area contributed by atoms with E-state index in [0.29, 0.717) is 35.1 Å². The maximum atomic E-state index is 12.4. The molecular formula is C19H22N2O4. The standard InChI is InChI=1S/C19H22N2O4/c1-5-25-17-9-7-6-8-16(17)19(22)21-20-13(2)15-11-10-14(23-3)12-18(15)24-4/h6-12H,5H2,1-4H3,(H,21,22)/b20-13+. The van der Waals surface area contributed by atoms with Gasteiger partial charge in [0.05, 0.1) is 32.1 Å². The third-order valence-electron chi connectivity index (χ3n) is 3.56. The van der Waals surface area contributed by atoms with Crippen LogP contribution in [-0.2, 0) is 0 Å². The van der Waals surface area contributed by atoms with E-state index in [1.165, 1.54) is 0 Å². The van der Waals surface area contributed by atoms with E-state index in [1.54, 1.807) is 45.4 Å². The molecule has 0 aliphatic rings. The van der Waals surface area contributed by atoms with Crippen LogP contribution in [0.5, 0.6) is 17.2 Å².